The molecule has 650 valence electrons. The number of methoxy groups -OCH3 is 4. The number of aldehydes is 2. The van der Waals surface area contributed by atoms with Gasteiger partial charge in [0.1, 0.15) is 88.1 Å². The van der Waals surface area contributed by atoms with E-state index in [9.17, 15) is 22.8 Å². The second-order valence-electron chi connectivity index (χ2n) is 22.2. The number of aliphatic hydroxyl groups is 1. The quantitative estimate of drug-likeness (QED) is 0.0134. The van der Waals surface area contributed by atoms with E-state index in [1.165, 1.54) is 36.6 Å². The molecule has 0 radical (unpaired) electrons. The van der Waals surface area contributed by atoms with Gasteiger partial charge in [0.25, 0.3) is 6.47 Å². The third-order valence-corrected chi connectivity index (χ3v) is 22.2. The zero-order chi connectivity index (χ0) is 81.4. The maximum Gasteiger partial charge on any atom is 1.00 e. The third-order valence-electron chi connectivity index (χ3n) is 14.5. The number of fused-ring (bicyclic) bond motifs is 4. The molecule has 0 aliphatic rings. The Labute approximate surface area is 853 Å². The molecule has 0 fully saturated rings. The predicted molar refractivity (Wildman–Crippen MR) is 503 cm³/mol. The molecule has 2 atom stereocenters. The molecule has 22 nitrogen and oxygen atoms in total. The minimum atomic E-state index is -1.05. The van der Waals surface area contributed by atoms with E-state index in [1.54, 1.807) is 121 Å². The van der Waals surface area contributed by atoms with Crippen LogP contribution in [0.2, 0.25) is 0 Å². The monoisotopic (exact) mass is 2130 g/mol. The molecule has 120 heavy (non-hydrogen) atoms. The van der Waals surface area contributed by atoms with Crippen LogP contribution in [0.15, 0.2) is 210 Å². The zero-order valence-electron chi connectivity index (χ0n) is 65.1. The average Bonchev–Trinajstić information content (AvgIpc) is 1.75. The molecule has 12 aromatic rings. The van der Waals surface area contributed by atoms with E-state index < -0.39 is 21.6 Å². The summed E-state index contributed by atoms with van der Waals surface area (Å²) in [5.74, 6) is 3.98. The zero-order valence-corrected chi connectivity index (χ0v) is 82.4. The number of carbonyl (C=O) groups excluding carboxylic acids is 4. The number of rotatable bonds is 25. The fraction of sp³-hybridized carbons (Fsp3) is 0.279. The molecule has 2 N–H and O–H groups in total. The Hall–Kier alpha value is -4.78. The van der Waals surface area contributed by atoms with Gasteiger partial charge in [0.15, 0.2) is 12.6 Å². The molecule has 0 aliphatic heterocycles. The molecule has 0 saturated heterocycles. The first-order valence-corrected chi connectivity index (χ1v) is 43.0. The van der Waals surface area contributed by atoms with E-state index in [-0.39, 0.29) is 198 Å². The van der Waals surface area contributed by atoms with Crippen molar-refractivity contribution in [3.63, 3.8) is 0 Å². The van der Waals surface area contributed by atoms with Crippen molar-refractivity contribution >= 4 is 212 Å². The number of furan rings is 4. The van der Waals surface area contributed by atoms with Gasteiger partial charge >= 0.3 is 109 Å². The Morgan fingerprint density at radius 2 is 0.850 bits per heavy atom. The summed E-state index contributed by atoms with van der Waals surface area (Å²) in [6, 6.07) is 44.4. The number of benzene rings is 8. The van der Waals surface area contributed by atoms with Crippen LogP contribution < -0.4 is 141 Å². The van der Waals surface area contributed by atoms with Crippen LogP contribution in [0.25, 0.3) is 50.0 Å². The standard InChI is InChI=1S/C20H19BrO5.C20H19BrO4S2.C17H13BrO4.C9H6Br2O.C8H8O3.C3H8OS2.C2H6O.CH2O3.6CH4.ClH.2K.H/c1-3-24-19(22)10-14-4-5-16(23-2)11-18(14)26-12-13-8-15-6-7-25-20(15)17(21)9-13;1-23-16-5-4-14(10-19(26-2)27(3)22)18(11-16)25-12-13-8-15-6-7-24-20(15)17(21)9-13;1-20-14-3-2-13(9-19)16(8-14)22-10-11-6-12-4-5-21-17(12)15(18)7-11;10-5-6-3-7-1-2-12-9(7)8(11)4-6;1-11-7-3-2-6(5-9)8(10)4-7;1-5-3-6(2)4;1-2-3;2-1-4-3;;;;;;;;;;/h4-9,11H,3,10,12H2,1-2H3;4-11H,12H2,1-3H3;2-9H,10H2,1H3;1-4H,5H2;2-5,10H,1H3;3H2,1-2H3;3H,2H2,1H3;1,3H;6*1H4;1H;;;/q;;;;;;;;;;;;;;;2*+1;-1/p-1/b;19-10+;;;;;;;;;;;;;;;;. The predicted octanol–water partition coefficient (Wildman–Crippen LogP) is 18.1. The van der Waals surface area contributed by atoms with Gasteiger partial charge < -0.3 is 77.3 Å². The van der Waals surface area contributed by atoms with Gasteiger partial charge in [0.05, 0.1) is 116 Å². The van der Waals surface area contributed by atoms with Gasteiger partial charge in [-0.3, -0.25) is 27.6 Å². The molecule has 2 unspecified atom stereocenters. The van der Waals surface area contributed by atoms with Crippen LogP contribution in [0.4, 0.5) is 0 Å². The van der Waals surface area contributed by atoms with Gasteiger partial charge in [-0.05, 0) is 234 Å². The van der Waals surface area contributed by atoms with Crippen molar-refractivity contribution in [2.24, 2.45) is 0 Å². The van der Waals surface area contributed by atoms with E-state index in [0.29, 0.717) is 78.5 Å². The van der Waals surface area contributed by atoms with Crippen molar-refractivity contribution in [1.29, 1.82) is 0 Å². The summed E-state index contributed by atoms with van der Waals surface area (Å²) in [6.07, 6.45) is 17.3. The third kappa shape index (κ3) is 41.6. The van der Waals surface area contributed by atoms with Crippen LogP contribution in [-0.4, -0.2) is 115 Å². The fourth-order valence-corrected chi connectivity index (χ4v) is 15.2. The van der Waals surface area contributed by atoms with E-state index >= 15 is 0 Å². The average molecular weight is 2130 g/mol. The van der Waals surface area contributed by atoms with E-state index in [0.717, 1.165) is 111 Å². The van der Waals surface area contributed by atoms with Crippen LogP contribution in [-0.2, 0) is 72.4 Å². The Kier molecular flexibility index (Phi) is 70.6. The molecule has 0 saturated carbocycles. The number of hydrogen-bond donors (Lipinski definition) is 2. The van der Waals surface area contributed by atoms with Gasteiger partial charge in [0.2, 0.25) is 0 Å². The topological polar surface area (TPSA) is 302 Å². The molecule has 8 aromatic carbocycles. The smallest absolute Gasteiger partial charge is 1.00 e. The molecule has 0 spiro atoms. The van der Waals surface area contributed by atoms with Crippen LogP contribution in [0.1, 0.15) is 114 Å². The first kappa shape index (κ1) is 124. The summed E-state index contributed by atoms with van der Waals surface area (Å²) in [5.41, 5.74) is 9.93. The number of alkyl halides is 1. The number of aliphatic hydroxyl groups excluding tert-OH is 1. The van der Waals surface area contributed by atoms with Crippen molar-refractivity contribution in [3.05, 3.63) is 237 Å². The number of phenolic OH excluding ortho intramolecular Hbond substituents is 1. The van der Waals surface area contributed by atoms with Crippen molar-refractivity contribution in [2.75, 3.05) is 71.8 Å². The SMILES string of the molecule is BrCc1cc(Br)c2occc2c1.C.C.C.C.C.C.CCO.CCOC(=O)Cc1ccc(OC)cc1OCc1cc(Br)c2occc2c1.COc1ccc(/C=C(\SC)S(C)=O)c(OCc2cc(Br)c3occc3c2)c1.COc1ccc(C=O)c(O)c1.COc1ccc(C=O)c(OCc2cc(Br)c3occc3c2)c1.CSCS(C)=O.Cl.O=CO[O-].[H-].[K+].[K+]. The summed E-state index contributed by atoms with van der Waals surface area (Å²) in [4.78, 5) is 44.4. The summed E-state index contributed by atoms with van der Waals surface area (Å²) in [5, 5.41) is 30.9. The van der Waals surface area contributed by atoms with Crippen LogP contribution in [0, 0.1) is 0 Å². The molecule has 4 heterocycles. The van der Waals surface area contributed by atoms with Gasteiger partial charge in [-0.15, -0.1) is 24.2 Å². The molecule has 0 aliphatic carbocycles. The summed E-state index contributed by atoms with van der Waals surface area (Å²) >= 11 is 20.5. The molecule has 0 amide bonds. The van der Waals surface area contributed by atoms with Gasteiger partial charge in [0, 0.05) is 92.2 Å². The first-order valence-electron chi connectivity index (χ1n) is 32.8. The molecule has 4 aromatic heterocycles. The normalized spacial score (nSPS) is 10.2. The van der Waals surface area contributed by atoms with Gasteiger partial charge in [-0.25, -0.2) is 0 Å². The van der Waals surface area contributed by atoms with Gasteiger partial charge in [-0.2, -0.15) is 11.8 Å². The van der Waals surface area contributed by atoms with Crippen LogP contribution in [0.5, 0.6) is 46.0 Å². The second-order valence-corrected chi connectivity index (χ2v) is 31.3. The Bertz CT molecular complexity index is 5050. The Balaban J connectivity index is -0.000000331. The van der Waals surface area contributed by atoms with Crippen molar-refractivity contribution < 1.29 is 208 Å². The maximum absolute atomic E-state index is 11.9. The largest absolute Gasteiger partial charge is 1.00 e. The van der Waals surface area contributed by atoms with Crippen LogP contribution >= 0.6 is 116 Å². The van der Waals surface area contributed by atoms with Gasteiger partial charge in [-0.1, -0.05) is 66.6 Å². The number of thioether (sulfide) groups is 2. The van der Waals surface area contributed by atoms with Crippen molar-refractivity contribution in [2.45, 2.75) is 90.0 Å². The molecule has 0 bridgehead atoms. The molecule has 12 rings (SSSR count). The first-order chi connectivity index (χ1) is 53.5. The fourth-order valence-electron chi connectivity index (χ4n) is 9.56. The van der Waals surface area contributed by atoms with E-state index in [2.05, 4.69) is 96.7 Å². The number of ether oxygens (including phenoxy) is 8. The minimum absolute atomic E-state index is 0. The van der Waals surface area contributed by atoms with E-state index in [1.807, 2.05) is 104 Å². The minimum Gasteiger partial charge on any atom is -1.00 e. The second kappa shape index (κ2) is 68.5. The number of carbonyl (C=O) groups is 4. The number of hydrogen-bond acceptors (Lipinski definition) is 24. The van der Waals surface area contributed by atoms with Crippen molar-refractivity contribution in [1.82, 2.24) is 0 Å². The number of phenols is 1. The van der Waals surface area contributed by atoms with E-state index in [4.69, 9.17) is 75.8 Å². The molecular weight excluding hydrogens is 2030 g/mol. The number of esters is 1. The van der Waals surface area contributed by atoms with Crippen LogP contribution in [0.3, 0.4) is 0 Å². The van der Waals surface area contributed by atoms with Crippen molar-refractivity contribution in [3.8, 4) is 46.0 Å². The molecular formula is C86H106Br5ClK2O22S4. The Morgan fingerprint density at radius 3 is 1.17 bits per heavy atom. The summed E-state index contributed by atoms with van der Waals surface area (Å²) in [6.45, 7) is 4.96. The summed E-state index contributed by atoms with van der Waals surface area (Å²) < 4.78 is 91.4. The Morgan fingerprint density at radius 1 is 0.517 bits per heavy atom. The maximum atomic E-state index is 11.9. The summed E-state index contributed by atoms with van der Waals surface area (Å²) in [7, 11) is 4.62. The molecule has 34 heteroatoms. The number of aromatic hydroxyl groups is 1. The number of halogens is 6.